The summed E-state index contributed by atoms with van der Waals surface area (Å²) in [4.78, 5) is 3.78. The van der Waals surface area contributed by atoms with E-state index in [2.05, 4.69) is 10.1 Å². The average molecular weight is 263 g/mol. The third-order valence-corrected chi connectivity index (χ3v) is 2.54. The molecule has 0 spiro atoms. The molecule has 0 fully saturated rings. The summed E-state index contributed by atoms with van der Waals surface area (Å²) in [6, 6.07) is 7.41. The maximum Gasteiger partial charge on any atom is 0.243 e. The first-order valence-corrected chi connectivity index (χ1v) is 5.29. The van der Waals surface area contributed by atoms with Crippen LogP contribution < -0.4 is 0 Å². The minimum atomic E-state index is 0.147. The highest BCUT2D eigenvalue weighted by Crippen LogP contribution is 2.14. The minimum absolute atomic E-state index is 0.147. The lowest BCUT2D eigenvalue weighted by molar-refractivity contribution is 0.686. The number of hydrogen-bond donors (Lipinski definition) is 0. The van der Waals surface area contributed by atoms with Gasteiger partial charge in [-0.3, -0.25) is 0 Å². The van der Waals surface area contributed by atoms with Gasteiger partial charge in [-0.05, 0) is 40.9 Å². The van der Waals surface area contributed by atoms with Crippen molar-refractivity contribution in [1.82, 2.24) is 14.8 Å². The van der Waals surface area contributed by atoms with Crippen molar-refractivity contribution in [3.63, 3.8) is 0 Å². The Hall–Kier alpha value is -0.770. The van der Waals surface area contributed by atoms with Crippen molar-refractivity contribution in [3.8, 4) is 0 Å². The molecule has 1 aromatic carbocycles. The van der Waals surface area contributed by atoms with E-state index < -0.39 is 0 Å². The van der Waals surface area contributed by atoms with Crippen molar-refractivity contribution >= 4 is 34.8 Å². The molecule has 3 nitrogen and oxygen atoms in total. The van der Waals surface area contributed by atoms with Crippen LogP contribution in [-0.4, -0.2) is 14.8 Å². The highest BCUT2D eigenvalue weighted by Gasteiger charge is 2.05. The molecule has 0 aliphatic carbocycles. The quantitative estimate of drug-likeness (QED) is 0.831. The zero-order chi connectivity index (χ0) is 10.8. The normalized spacial score (nSPS) is 10.6. The lowest BCUT2D eigenvalue weighted by Crippen LogP contribution is -2.01. The standard InChI is InChI=1S/C9H6Cl3N3/c10-7-3-1-6(2-4-7)5-15-9(12)13-8(11)14-15/h1-4H,5H2. The van der Waals surface area contributed by atoms with Crippen LogP contribution in [0.25, 0.3) is 0 Å². The molecule has 1 aromatic heterocycles. The van der Waals surface area contributed by atoms with Crippen LogP contribution in [0.3, 0.4) is 0 Å². The Morgan fingerprint density at radius 2 is 1.73 bits per heavy atom. The monoisotopic (exact) mass is 261 g/mol. The van der Waals surface area contributed by atoms with Gasteiger partial charge < -0.3 is 0 Å². The highest BCUT2D eigenvalue weighted by atomic mass is 35.5. The largest absolute Gasteiger partial charge is 0.243 e. The summed E-state index contributed by atoms with van der Waals surface area (Å²) in [5, 5.41) is 5.05. The fraction of sp³-hybridized carbons (Fsp3) is 0.111. The summed E-state index contributed by atoms with van der Waals surface area (Å²) >= 11 is 17.2. The molecule has 15 heavy (non-hydrogen) atoms. The molecule has 0 unspecified atom stereocenters. The van der Waals surface area contributed by atoms with Gasteiger partial charge in [-0.15, -0.1) is 5.10 Å². The van der Waals surface area contributed by atoms with Gasteiger partial charge in [-0.25, -0.2) is 4.68 Å². The van der Waals surface area contributed by atoms with E-state index in [1.54, 1.807) is 0 Å². The molecule has 0 amide bonds. The summed E-state index contributed by atoms with van der Waals surface area (Å²) < 4.78 is 1.52. The first kappa shape index (κ1) is 10.7. The van der Waals surface area contributed by atoms with Crippen LogP contribution in [0.2, 0.25) is 15.6 Å². The molecular formula is C9H6Cl3N3. The van der Waals surface area contributed by atoms with Crippen molar-refractivity contribution in [2.45, 2.75) is 6.54 Å². The Bertz CT molecular complexity index is 464. The van der Waals surface area contributed by atoms with Gasteiger partial charge in [0.25, 0.3) is 0 Å². The van der Waals surface area contributed by atoms with E-state index in [0.29, 0.717) is 11.6 Å². The molecule has 78 valence electrons. The third-order valence-electron chi connectivity index (χ3n) is 1.85. The smallest absolute Gasteiger partial charge is 0.230 e. The Morgan fingerprint density at radius 3 is 2.27 bits per heavy atom. The molecule has 0 aliphatic rings. The Labute approximate surface area is 102 Å². The number of nitrogens with zero attached hydrogens (tertiary/aromatic N) is 3. The number of rotatable bonds is 2. The van der Waals surface area contributed by atoms with Crippen molar-refractivity contribution in [2.75, 3.05) is 0 Å². The highest BCUT2D eigenvalue weighted by molar-refractivity contribution is 6.31. The third kappa shape index (κ3) is 2.62. The van der Waals surface area contributed by atoms with Crippen LogP contribution >= 0.6 is 34.8 Å². The van der Waals surface area contributed by atoms with E-state index in [9.17, 15) is 0 Å². The van der Waals surface area contributed by atoms with Crippen molar-refractivity contribution in [2.24, 2.45) is 0 Å². The number of halogens is 3. The van der Waals surface area contributed by atoms with Crippen LogP contribution in [0, 0.1) is 0 Å². The summed E-state index contributed by atoms with van der Waals surface area (Å²) in [7, 11) is 0. The average Bonchev–Trinajstić information content (AvgIpc) is 2.49. The molecule has 6 heteroatoms. The van der Waals surface area contributed by atoms with Gasteiger partial charge in [0.1, 0.15) is 0 Å². The first-order chi connectivity index (χ1) is 7.15. The Kier molecular flexibility index (Phi) is 3.14. The van der Waals surface area contributed by atoms with Crippen LogP contribution in [0.4, 0.5) is 0 Å². The van der Waals surface area contributed by atoms with Gasteiger partial charge in [0, 0.05) is 5.02 Å². The second-order valence-electron chi connectivity index (χ2n) is 2.93. The predicted molar refractivity (Wildman–Crippen MR) is 60.6 cm³/mol. The number of benzene rings is 1. The fourth-order valence-electron chi connectivity index (χ4n) is 1.16. The van der Waals surface area contributed by atoms with Crippen molar-refractivity contribution in [1.29, 1.82) is 0 Å². The number of aromatic nitrogens is 3. The van der Waals surface area contributed by atoms with Crippen molar-refractivity contribution in [3.05, 3.63) is 45.4 Å². The molecule has 0 radical (unpaired) electrons. The van der Waals surface area contributed by atoms with Gasteiger partial charge in [-0.1, -0.05) is 23.7 Å². The zero-order valence-corrected chi connectivity index (χ0v) is 9.76. The molecule has 0 bridgehead atoms. The van der Waals surface area contributed by atoms with Crippen LogP contribution in [0.15, 0.2) is 24.3 Å². The lowest BCUT2D eigenvalue weighted by atomic mass is 10.2. The predicted octanol–water partition coefficient (Wildman–Crippen LogP) is 3.29. The molecule has 2 rings (SSSR count). The van der Waals surface area contributed by atoms with E-state index in [0.717, 1.165) is 5.56 Å². The van der Waals surface area contributed by atoms with Gasteiger partial charge in [0.05, 0.1) is 6.54 Å². The van der Waals surface area contributed by atoms with E-state index in [-0.39, 0.29) is 10.6 Å². The maximum absolute atomic E-state index is 5.81. The zero-order valence-electron chi connectivity index (χ0n) is 7.49. The molecule has 0 saturated heterocycles. The van der Waals surface area contributed by atoms with Gasteiger partial charge in [-0.2, -0.15) is 4.98 Å². The fourth-order valence-corrected chi connectivity index (χ4v) is 1.68. The SMILES string of the molecule is Clc1ccc(Cn2nc(Cl)nc2Cl)cc1. The Balaban J connectivity index is 2.21. The summed E-state index contributed by atoms with van der Waals surface area (Å²) in [6.45, 7) is 0.524. The second-order valence-corrected chi connectivity index (χ2v) is 4.05. The van der Waals surface area contributed by atoms with Crippen LogP contribution in [0.5, 0.6) is 0 Å². The summed E-state index contributed by atoms with van der Waals surface area (Å²) in [6.07, 6.45) is 0. The minimum Gasteiger partial charge on any atom is -0.230 e. The molecule has 0 saturated carbocycles. The summed E-state index contributed by atoms with van der Waals surface area (Å²) in [5.41, 5.74) is 1.03. The van der Waals surface area contributed by atoms with E-state index >= 15 is 0 Å². The maximum atomic E-state index is 5.81. The second kappa shape index (κ2) is 4.39. The van der Waals surface area contributed by atoms with E-state index in [1.165, 1.54) is 4.68 Å². The molecule has 2 aromatic rings. The van der Waals surface area contributed by atoms with Crippen LogP contribution in [-0.2, 0) is 6.54 Å². The van der Waals surface area contributed by atoms with Crippen molar-refractivity contribution < 1.29 is 0 Å². The summed E-state index contributed by atoms with van der Waals surface area (Å²) in [5.74, 6) is 0. The molecule has 1 heterocycles. The molecule has 0 atom stereocenters. The molecular weight excluding hydrogens is 256 g/mol. The Morgan fingerprint density at radius 1 is 1.07 bits per heavy atom. The van der Waals surface area contributed by atoms with E-state index in [4.69, 9.17) is 34.8 Å². The number of hydrogen-bond acceptors (Lipinski definition) is 2. The topological polar surface area (TPSA) is 30.7 Å². The van der Waals surface area contributed by atoms with Gasteiger partial charge >= 0.3 is 0 Å². The molecule has 0 N–H and O–H groups in total. The first-order valence-electron chi connectivity index (χ1n) is 4.15. The van der Waals surface area contributed by atoms with Crippen LogP contribution in [0.1, 0.15) is 5.56 Å². The lowest BCUT2D eigenvalue weighted by Gasteiger charge is -2.01. The van der Waals surface area contributed by atoms with Gasteiger partial charge in [0.15, 0.2) is 0 Å². The molecule has 0 aliphatic heterocycles. The van der Waals surface area contributed by atoms with E-state index in [1.807, 2.05) is 24.3 Å². The van der Waals surface area contributed by atoms with Gasteiger partial charge in [0.2, 0.25) is 10.6 Å².